The number of nitrogens with one attached hydrogen (secondary N) is 1. The molecule has 0 bridgehead atoms. The van der Waals surface area contributed by atoms with E-state index in [1.54, 1.807) is 0 Å². The van der Waals surface area contributed by atoms with Gasteiger partial charge in [0, 0.05) is 25.2 Å². The second kappa shape index (κ2) is 6.16. The molecule has 1 aliphatic heterocycles. The molecule has 1 heterocycles. The van der Waals surface area contributed by atoms with Crippen LogP contribution in [0, 0.1) is 5.82 Å². The van der Waals surface area contributed by atoms with Gasteiger partial charge in [-0.1, -0.05) is 6.42 Å². The second-order valence-corrected chi connectivity index (χ2v) is 6.20. The molecule has 122 valence electrons. The third-order valence-corrected chi connectivity index (χ3v) is 4.77. The van der Waals surface area contributed by atoms with Crippen molar-refractivity contribution in [3.8, 4) is 0 Å². The summed E-state index contributed by atoms with van der Waals surface area (Å²) in [6.45, 7) is 1.86. The predicted molar refractivity (Wildman–Crippen MR) is 75.9 cm³/mol. The summed E-state index contributed by atoms with van der Waals surface area (Å²) >= 11 is 0. The Kier molecular flexibility index (Phi) is 4.41. The minimum Gasteiger partial charge on any atom is -0.315 e. The topological polar surface area (TPSA) is 15.3 Å². The first kappa shape index (κ1) is 15.7. The van der Waals surface area contributed by atoms with E-state index in [4.69, 9.17) is 0 Å². The zero-order valence-corrected chi connectivity index (χ0v) is 12.3. The molecular formula is C16H20F4N2. The molecule has 2 aliphatic rings. The van der Waals surface area contributed by atoms with E-state index < -0.39 is 17.6 Å². The van der Waals surface area contributed by atoms with Gasteiger partial charge >= 0.3 is 6.18 Å². The Labute approximate surface area is 127 Å². The van der Waals surface area contributed by atoms with Crippen LogP contribution in [-0.2, 0) is 12.7 Å². The molecule has 0 spiro atoms. The van der Waals surface area contributed by atoms with Gasteiger partial charge in [-0.2, -0.15) is 13.2 Å². The summed E-state index contributed by atoms with van der Waals surface area (Å²) in [5, 5.41) is 3.26. The Morgan fingerprint density at radius 2 is 1.91 bits per heavy atom. The maximum atomic E-state index is 13.5. The van der Waals surface area contributed by atoms with Crippen LogP contribution in [0.1, 0.15) is 36.8 Å². The molecule has 1 atom stereocenters. The fourth-order valence-corrected chi connectivity index (χ4v) is 3.36. The van der Waals surface area contributed by atoms with Crippen molar-refractivity contribution in [2.45, 2.75) is 50.5 Å². The fourth-order valence-electron chi connectivity index (χ4n) is 3.36. The second-order valence-electron chi connectivity index (χ2n) is 6.20. The van der Waals surface area contributed by atoms with E-state index in [2.05, 4.69) is 10.2 Å². The SMILES string of the molecule is Fc1ccc(C(F)(F)F)c(CN(C2CCC2)[C@H]2CCNC2)c1. The molecule has 1 aliphatic carbocycles. The lowest BCUT2D eigenvalue weighted by molar-refractivity contribution is -0.138. The lowest BCUT2D eigenvalue weighted by Gasteiger charge is -2.41. The molecule has 2 nitrogen and oxygen atoms in total. The van der Waals surface area contributed by atoms with E-state index in [1.807, 2.05) is 0 Å². The van der Waals surface area contributed by atoms with Crippen LogP contribution in [-0.4, -0.2) is 30.1 Å². The van der Waals surface area contributed by atoms with E-state index in [9.17, 15) is 17.6 Å². The van der Waals surface area contributed by atoms with Gasteiger partial charge in [-0.3, -0.25) is 4.90 Å². The third kappa shape index (κ3) is 3.27. The Balaban J connectivity index is 1.86. The summed E-state index contributed by atoms with van der Waals surface area (Å²) in [5.41, 5.74) is -0.671. The van der Waals surface area contributed by atoms with E-state index in [0.717, 1.165) is 57.0 Å². The molecular weight excluding hydrogens is 296 g/mol. The quantitative estimate of drug-likeness (QED) is 0.855. The third-order valence-electron chi connectivity index (χ3n) is 4.77. The van der Waals surface area contributed by atoms with Gasteiger partial charge < -0.3 is 5.32 Å². The Hall–Kier alpha value is -1.14. The maximum Gasteiger partial charge on any atom is 0.416 e. The van der Waals surface area contributed by atoms with Gasteiger partial charge in [-0.05, 0) is 49.6 Å². The average molecular weight is 316 g/mol. The largest absolute Gasteiger partial charge is 0.416 e. The van der Waals surface area contributed by atoms with E-state index >= 15 is 0 Å². The van der Waals surface area contributed by atoms with Crippen molar-refractivity contribution in [1.82, 2.24) is 10.2 Å². The van der Waals surface area contributed by atoms with E-state index in [0.29, 0.717) is 6.04 Å². The standard InChI is InChI=1S/C16H20F4N2/c17-12-4-5-15(16(18,19)20)11(8-12)10-22(13-2-1-3-13)14-6-7-21-9-14/h4-5,8,13-14,21H,1-3,6-7,9-10H2/t14-/m0/s1. The molecule has 1 saturated carbocycles. The Morgan fingerprint density at radius 3 is 2.45 bits per heavy atom. The Morgan fingerprint density at radius 1 is 1.14 bits per heavy atom. The van der Waals surface area contributed by atoms with E-state index in [1.165, 1.54) is 0 Å². The molecule has 1 aromatic carbocycles. The first-order valence-corrected chi connectivity index (χ1v) is 7.77. The van der Waals surface area contributed by atoms with Crippen molar-refractivity contribution in [3.63, 3.8) is 0 Å². The van der Waals surface area contributed by atoms with Crippen molar-refractivity contribution in [2.75, 3.05) is 13.1 Å². The molecule has 3 rings (SSSR count). The van der Waals surface area contributed by atoms with Crippen LogP contribution < -0.4 is 5.32 Å². The molecule has 1 N–H and O–H groups in total. The van der Waals surface area contributed by atoms with Crippen LogP contribution in [0.25, 0.3) is 0 Å². The van der Waals surface area contributed by atoms with Gasteiger partial charge in [0.25, 0.3) is 0 Å². The Bertz CT molecular complexity index is 519. The highest BCUT2D eigenvalue weighted by Gasteiger charge is 2.37. The highest BCUT2D eigenvalue weighted by Crippen LogP contribution is 2.35. The van der Waals surface area contributed by atoms with Crippen molar-refractivity contribution in [1.29, 1.82) is 0 Å². The van der Waals surface area contributed by atoms with Crippen LogP contribution in [0.5, 0.6) is 0 Å². The summed E-state index contributed by atoms with van der Waals surface area (Å²) in [5.74, 6) is -0.610. The summed E-state index contributed by atoms with van der Waals surface area (Å²) in [6.07, 6.45) is -0.341. The number of rotatable bonds is 4. The highest BCUT2D eigenvalue weighted by atomic mass is 19.4. The first-order chi connectivity index (χ1) is 10.4. The predicted octanol–water partition coefficient (Wildman–Crippen LogP) is 3.56. The number of benzene rings is 1. The average Bonchev–Trinajstić information content (AvgIpc) is 2.87. The minimum absolute atomic E-state index is 0.0475. The molecule has 22 heavy (non-hydrogen) atoms. The number of nitrogens with zero attached hydrogens (tertiary/aromatic N) is 1. The van der Waals surface area contributed by atoms with Crippen LogP contribution >= 0.6 is 0 Å². The molecule has 0 amide bonds. The first-order valence-electron chi connectivity index (χ1n) is 7.77. The van der Waals surface area contributed by atoms with Gasteiger partial charge in [-0.25, -0.2) is 4.39 Å². The zero-order chi connectivity index (χ0) is 15.7. The maximum absolute atomic E-state index is 13.5. The van der Waals surface area contributed by atoms with Crippen LogP contribution in [0.3, 0.4) is 0 Å². The minimum atomic E-state index is -4.44. The molecule has 6 heteroatoms. The smallest absolute Gasteiger partial charge is 0.315 e. The lowest BCUT2D eigenvalue weighted by atomic mass is 9.89. The van der Waals surface area contributed by atoms with Crippen LogP contribution in [0.15, 0.2) is 18.2 Å². The molecule has 0 unspecified atom stereocenters. The van der Waals surface area contributed by atoms with Gasteiger partial charge in [-0.15, -0.1) is 0 Å². The van der Waals surface area contributed by atoms with Crippen LogP contribution in [0.4, 0.5) is 17.6 Å². The van der Waals surface area contributed by atoms with E-state index in [-0.39, 0.29) is 18.2 Å². The van der Waals surface area contributed by atoms with Crippen LogP contribution in [0.2, 0.25) is 0 Å². The van der Waals surface area contributed by atoms with Gasteiger partial charge in [0.15, 0.2) is 0 Å². The number of hydrogen-bond acceptors (Lipinski definition) is 2. The summed E-state index contributed by atoms with van der Waals surface area (Å²) in [7, 11) is 0. The molecule has 1 saturated heterocycles. The summed E-state index contributed by atoms with van der Waals surface area (Å²) in [4.78, 5) is 2.15. The van der Waals surface area contributed by atoms with Gasteiger partial charge in [0.1, 0.15) is 5.82 Å². The lowest BCUT2D eigenvalue weighted by Crippen LogP contribution is -2.47. The molecule has 1 aromatic rings. The van der Waals surface area contributed by atoms with Gasteiger partial charge in [0.2, 0.25) is 0 Å². The number of hydrogen-bond donors (Lipinski definition) is 1. The summed E-state index contributed by atoms with van der Waals surface area (Å²) < 4.78 is 52.9. The van der Waals surface area contributed by atoms with Crippen molar-refractivity contribution in [3.05, 3.63) is 35.1 Å². The normalized spacial score (nSPS) is 23.0. The molecule has 0 radical (unpaired) electrons. The van der Waals surface area contributed by atoms with Gasteiger partial charge in [0.05, 0.1) is 5.56 Å². The number of alkyl halides is 3. The van der Waals surface area contributed by atoms with Crippen molar-refractivity contribution < 1.29 is 17.6 Å². The zero-order valence-electron chi connectivity index (χ0n) is 12.3. The van der Waals surface area contributed by atoms with Crippen molar-refractivity contribution >= 4 is 0 Å². The fraction of sp³-hybridized carbons (Fsp3) is 0.625. The summed E-state index contributed by atoms with van der Waals surface area (Å²) in [6, 6.07) is 3.36. The highest BCUT2D eigenvalue weighted by molar-refractivity contribution is 5.30. The monoisotopic (exact) mass is 316 g/mol. The van der Waals surface area contributed by atoms with Crippen molar-refractivity contribution in [2.24, 2.45) is 0 Å². The molecule has 2 fully saturated rings. The number of halogens is 4. The molecule has 0 aromatic heterocycles.